The predicted octanol–water partition coefficient (Wildman–Crippen LogP) is 3.64. The summed E-state index contributed by atoms with van der Waals surface area (Å²) in [6.45, 7) is 5.68. The van der Waals surface area contributed by atoms with E-state index in [2.05, 4.69) is 49.5 Å². The van der Waals surface area contributed by atoms with Gasteiger partial charge in [-0.1, -0.05) is 50.6 Å². The molecule has 1 aromatic rings. The van der Waals surface area contributed by atoms with Crippen LogP contribution in [0.3, 0.4) is 0 Å². The summed E-state index contributed by atoms with van der Waals surface area (Å²) in [7, 11) is 0. The molecule has 1 N–H and O–H groups in total. The zero-order valence-electron chi connectivity index (χ0n) is 11.2. The van der Waals surface area contributed by atoms with Gasteiger partial charge < -0.3 is 5.32 Å². The molecule has 94 valence electrons. The fraction of sp³-hybridized carbons (Fsp3) is 0.625. The van der Waals surface area contributed by atoms with Gasteiger partial charge in [0.05, 0.1) is 0 Å². The van der Waals surface area contributed by atoms with E-state index in [0.29, 0.717) is 6.04 Å². The molecule has 0 aromatic heterocycles. The van der Waals surface area contributed by atoms with Gasteiger partial charge in [-0.05, 0) is 43.2 Å². The summed E-state index contributed by atoms with van der Waals surface area (Å²) in [4.78, 5) is 0. The van der Waals surface area contributed by atoms with Crippen molar-refractivity contribution in [3.63, 3.8) is 0 Å². The Balaban J connectivity index is 1.87. The molecule has 1 aromatic carbocycles. The molecule has 0 amide bonds. The van der Waals surface area contributed by atoms with E-state index in [1.54, 1.807) is 0 Å². The summed E-state index contributed by atoms with van der Waals surface area (Å²) in [6, 6.07) is 11.6. The Kier molecular flexibility index (Phi) is 4.61. The molecule has 1 aliphatic carbocycles. The Labute approximate surface area is 106 Å². The van der Waals surface area contributed by atoms with Gasteiger partial charge in [-0.15, -0.1) is 0 Å². The van der Waals surface area contributed by atoms with Crippen molar-refractivity contribution in [2.45, 2.75) is 45.6 Å². The van der Waals surface area contributed by atoms with Gasteiger partial charge in [0, 0.05) is 6.04 Å². The largest absolute Gasteiger partial charge is 0.314 e. The zero-order chi connectivity index (χ0) is 12.1. The van der Waals surface area contributed by atoms with Gasteiger partial charge in [0.25, 0.3) is 0 Å². The van der Waals surface area contributed by atoms with E-state index in [4.69, 9.17) is 0 Å². The molecule has 2 unspecified atom stereocenters. The number of hydrogen-bond acceptors (Lipinski definition) is 1. The van der Waals surface area contributed by atoms with Crippen molar-refractivity contribution < 1.29 is 0 Å². The minimum Gasteiger partial charge on any atom is -0.314 e. The van der Waals surface area contributed by atoms with Gasteiger partial charge in [-0.3, -0.25) is 0 Å². The fourth-order valence-corrected chi connectivity index (χ4v) is 2.96. The highest BCUT2D eigenvalue weighted by Crippen LogP contribution is 2.33. The number of hydrogen-bond donors (Lipinski definition) is 1. The molecule has 1 aliphatic rings. The third kappa shape index (κ3) is 3.85. The Bertz CT molecular complexity index is 318. The van der Waals surface area contributed by atoms with Crippen molar-refractivity contribution in [2.24, 2.45) is 11.8 Å². The summed E-state index contributed by atoms with van der Waals surface area (Å²) in [5.41, 5.74) is 1.51. The smallest absolute Gasteiger partial charge is 0.00104 e. The Morgan fingerprint density at radius 3 is 2.53 bits per heavy atom. The van der Waals surface area contributed by atoms with Gasteiger partial charge in [0.15, 0.2) is 0 Å². The predicted molar refractivity (Wildman–Crippen MR) is 74.1 cm³/mol. The summed E-state index contributed by atoms with van der Waals surface area (Å²) in [6.07, 6.45) is 5.52. The highest BCUT2D eigenvalue weighted by atomic mass is 14.9. The molecule has 0 heterocycles. The normalized spacial score (nSPS) is 24.4. The Hall–Kier alpha value is -0.820. The molecule has 2 rings (SSSR count). The lowest BCUT2D eigenvalue weighted by Gasteiger charge is -2.21. The molecular weight excluding hydrogens is 206 g/mol. The summed E-state index contributed by atoms with van der Waals surface area (Å²) in [5, 5.41) is 3.60. The first-order chi connectivity index (χ1) is 8.25. The maximum Gasteiger partial charge on any atom is 0.00104 e. The lowest BCUT2D eigenvalue weighted by atomic mass is 9.89. The summed E-state index contributed by atoms with van der Waals surface area (Å²) in [5.74, 6) is 1.78. The minimum absolute atomic E-state index is 0.618. The maximum atomic E-state index is 3.60. The quantitative estimate of drug-likeness (QED) is 0.815. The maximum absolute atomic E-state index is 3.60. The molecule has 0 aliphatic heterocycles. The molecule has 1 fully saturated rings. The molecule has 17 heavy (non-hydrogen) atoms. The summed E-state index contributed by atoms with van der Waals surface area (Å²) >= 11 is 0. The van der Waals surface area contributed by atoms with Crippen LogP contribution >= 0.6 is 0 Å². The lowest BCUT2D eigenvalue weighted by Crippen LogP contribution is -2.31. The standard InChI is InChI=1S/C16H25N/c1-13(2)17-12-16-10-6-9-15(16)11-14-7-4-3-5-8-14/h3-5,7-8,13,15-17H,6,9-12H2,1-2H3. The van der Waals surface area contributed by atoms with E-state index in [-0.39, 0.29) is 0 Å². The monoisotopic (exact) mass is 231 g/mol. The van der Waals surface area contributed by atoms with Crippen molar-refractivity contribution in [3.05, 3.63) is 35.9 Å². The van der Waals surface area contributed by atoms with E-state index in [0.717, 1.165) is 11.8 Å². The highest BCUT2D eigenvalue weighted by Gasteiger charge is 2.26. The van der Waals surface area contributed by atoms with Gasteiger partial charge in [-0.2, -0.15) is 0 Å². The van der Waals surface area contributed by atoms with Crippen molar-refractivity contribution in [1.82, 2.24) is 5.32 Å². The molecule has 0 bridgehead atoms. The number of benzene rings is 1. The van der Waals surface area contributed by atoms with Crippen molar-refractivity contribution >= 4 is 0 Å². The summed E-state index contributed by atoms with van der Waals surface area (Å²) < 4.78 is 0. The first kappa shape index (κ1) is 12.6. The van der Waals surface area contributed by atoms with E-state index < -0.39 is 0 Å². The molecule has 2 atom stereocenters. The van der Waals surface area contributed by atoms with Crippen LogP contribution in [-0.4, -0.2) is 12.6 Å². The van der Waals surface area contributed by atoms with Gasteiger partial charge in [0.1, 0.15) is 0 Å². The number of rotatable bonds is 5. The minimum atomic E-state index is 0.618. The van der Waals surface area contributed by atoms with Crippen LogP contribution in [0.25, 0.3) is 0 Å². The molecular formula is C16H25N. The van der Waals surface area contributed by atoms with Crippen molar-refractivity contribution in [1.29, 1.82) is 0 Å². The second-order valence-corrected chi connectivity index (χ2v) is 5.70. The van der Waals surface area contributed by atoms with Crippen LogP contribution in [0, 0.1) is 11.8 Å². The van der Waals surface area contributed by atoms with E-state index in [1.165, 1.54) is 37.8 Å². The van der Waals surface area contributed by atoms with Crippen LogP contribution in [0.4, 0.5) is 0 Å². The van der Waals surface area contributed by atoms with Crippen LogP contribution in [0.2, 0.25) is 0 Å². The SMILES string of the molecule is CC(C)NCC1CCCC1Cc1ccccc1. The molecule has 1 nitrogen and oxygen atoms in total. The van der Waals surface area contributed by atoms with Gasteiger partial charge >= 0.3 is 0 Å². The second kappa shape index (κ2) is 6.20. The molecule has 0 spiro atoms. The van der Waals surface area contributed by atoms with Crippen LogP contribution in [-0.2, 0) is 6.42 Å². The Morgan fingerprint density at radius 1 is 1.12 bits per heavy atom. The molecule has 0 saturated heterocycles. The first-order valence-electron chi connectivity index (χ1n) is 7.03. The van der Waals surface area contributed by atoms with E-state index >= 15 is 0 Å². The topological polar surface area (TPSA) is 12.0 Å². The third-order valence-corrected chi connectivity index (χ3v) is 3.95. The zero-order valence-corrected chi connectivity index (χ0v) is 11.2. The highest BCUT2D eigenvalue weighted by molar-refractivity contribution is 5.15. The lowest BCUT2D eigenvalue weighted by molar-refractivity contribution is 0.354. The van der Waals surface area contributed by atoms with Crippen LogP contribution < -0.4 is 5.32 Å². The molecule has 1 saturated carbocycles. The van der Waals surface area contributed by atoms with Gasteiger partial charge in [0.2, 0.25) is 0 Å². The molecule has 1 heteroatoms. The van der Waals surface area contributed by atoms with Crippen LogP contribution in [0.15, 0.2) is 30.3 Å². The van der Waals surface area contributed by atoms with Gasteiger partial charge in [-0.25, -0.2) is 0 Å². The second-order valence-electron chi connectivity index (χ2n) is 5.70. The van der Waals surface area contributed by atoms with Crippen molar-refractivity contribution in [2.75, 3.05) is 6.54 Å². The third-order valence-electron chi connectivity index (χ3n) is 3.95. The van der Waals surface area contributed by atoms with Crippen molar-refractivity contribution in [3.8, 4) is 0 Å². The molecule has 0 radical (unpaired) electrons. The first-order valence-corrected chi connectivity index (χ1v) is 7.03. The van der Waals surface area contributed by atoms with Crippen LogP contribution in [0.5, 0.6) is 0 Å². The Morgan fingerprint density at radius 2 is 1.82 bits per heavy atom. The number of nitrogens with one attached hydrogen (secondary N) is 1. The van der Waals surface area contributed by atoms with E-state index in [9.17, 15) is 0 Å². The fourth-order valence-electron chi connectivity index (χ4n) is 2.96. The van der Waals surface area contributed by atoms with E-state index in [1.807, 2.05) is 0 Å². The average Bonchev–Trinajstić information content (AvgIpc) is 2.75. The average molecular weight is 231 g/mol. The van der Waals surface area contributed by atoms with Crippen LogP contribution in [0.1, 0.15) is 38.7 Å².